The lowest BCUT2D eigenvalue weighted by molar-refractivity contribution is 0.0509. The van der Waals surface area contributed by atoms with Gasteiger partial charge in [0.05, 0.1) is 20.3 Å². The van der Waals surface area contributed by atoms with Crippen LogP contribution >= 0.6 is 0 Å². The smallest absolute Gasteiger partial charge is 0.410 e. The average molecular weight is 496 g/mol. The minimum atomic E-state index is -0.185. The Morgan fingerprint density at radius 2 is 1.54 bits per heavy atom. The SMILES string of the molecule is COc1cc(CC2=CC3CCCC(C2)N3C(=O)OCC2c3ccccc3-c3ccccc32)cc(OC)c1. The normalized spacial score (nSPS) is 20.1. The number of carbonyl (C=O) groups excluding carboxylic acids is 1. The van der Waals surface area contributed by atoms with Crippen LogP contribution in [0.5, 0.6) is 11.5 Å². The largest absolute Gasteiger partial charge is 0.497 e. The summed E-state index contributed by atoms with van der Waals surface area (Å²) in [6, 6.07) is 23.2. The Morgan fingerprint density at radius 1 is 0.892 bits per heavy atom. The van der Waals surface area contributed by atoms with Crippen molar-refractivity contribution in [3.8, 4) is 22.6 Å². The van der Waals surface area contributed by atoms with E-state index in [9.17, 15) is 4.79 Å². The minimum absolute atomic E-state index is 0.0788. The molecular formula is C32H33NO4. The lowest BCUT2D eigenvalue weighted by Gasteiger charge is -2.44. The molecule has 3 aromatic rings. The van der Waals surface area contributed by atoms with Crippen molar-refractivity contribution in [2.75, 3.05) is 20.8 Å². The highest BCUT2D eigenvalue weighted by atomic mass is 16.6. The Kier molecular flexibility index (Phi) is 6.37. The zero-order chi connectivity index (χ0) is 25.4. The summed E-state index contributed by atoms with van der Waals surface area (Å²) < 4.78 is 17.0. The molecule has 1 saturated heterocycles. The van der Waals surface area contributed by atoms with Gasteiger partial charge in [-0.05, 0) is 72.1 Å². The highest BCUT2D eigenvalue weighted by Gasteiger charge is 2.39. The first-order valence-corrected chi connectivity index (χ1v) is 13.2. The van der Waals surface area contributed by atoms with Crippen molar-refractivity contribution in [3.63, 3.8) is 0 Å². The number of benzene rings is 3. The Morgan fingerprint density at radius 3 is 2.16 bits per heavy atom. The number of hydrogen-bond acceptors (Lipinski definition) is 4. The number of carbonyl (C=O) groups is 1. The van der Waals surface area contributed by atoms with Crippen LogP contribution in [0.25, 0.3) is 11.1 Å². The molecule has 2 heterocycles. The molecule has 2 aliphatic heterocycles. The molecule has 2 unspecified atom stereocenters. The minimum Gasteiger partial charge on any atom is -0.497 e. The second-order valence-electron chi connectivity index (χ2n) is 10.3. The number of rotatable bonds is 6. The molecule has 0 aromatic heterocycles. The van der Waals surface area contributed by atoms with Crippen LogP contribution in [0.15, 0.2) is 78.4 Å². The maximum atomic E-state index is 13.5. The quantitative estimate of drug-likeness (QED) is 0.355. The number of amides is 1. The third kappa shape index (κ3) is 4.48. The van der Waals surface area contributed by atoms with E-state index >= 15 is 0 Å². The van der Waals surface area contributed by atoms with Crippen molar-refractivity contribution < 1.29 is 19.0 Å². The van der Waals surface area contributed by atoms with Crippen LogP contribution in [0.2, 0.25) is 0 Å². The van der Waals surface area contributed by atoms with E-state index in [1.807, 2.05) is 11.0 Å². The molecule has 1 fully saturated rings. The van der Waals surface area contributed by atoms with Crippen LogP contribution in [0.4, 0.5) is 4.79 Å². The summed E-state index contributed by atoms with van der Waals surface area (Å²) in [6.45, 7) is 0.364. The van der Waals surface area contributed by atoms with Crippen LogP contribution in [-0.2, 0) is 11.2 Å². The lowest BCUT2D eigenvalue weighted by atomic mass is 9.83. The average Bonchev–Trinajstić information content (AvgIpc) is 3.24. The van der Waals surface area contributed by atoms with Gasteiger partial charge in [-0.1, -0.05) is 60.2 Å². The predicted molar refractivity (Wildman–Crippen MR) is 144 cm³/mol. The summed E-state index contributed by atoms with van der Waals surface area (Å²) in [5.74, 6) is 1.67. The van der Waals surface area contributed by atoms with Crippen molar-refractivity contribution in [2.24, 2.45) is 0 Å². The summed E-state index contributed by atoms with van der Waals surface area (Å²) >= 11 is 0. The lowest BCUT2D eigenvalue weighted by Crippen LogP contribution is -2.52. The topological polar surface area (TPSA) is 48.0 Å². The van der Waals surface area contributed by atoms with Gasteiger partial charge in [0.2, 0.25) is 0 Å². The third-order valence-corrected chi connectivity index (χ3v) is 8.10. The zero-order valence-corrected chi connectivity index (χ0v) is 21.5. The number of fused-ring (bicyclic) bond motifs is 5. The van der Waals surface area contributed by atoms with E-state index < -0.39 is 0 Å². The van der Waals surface area contributed by atoms with Crippen molar-refractivity contribution in [1.29, 1.82) is 0 Å². The van der Waals surface area contributed by atoms with E-state index in [0.717, 1.165) is 49.2 Å². The van der Waals surface area contributed by atoms with E-state index in [1.165, 1.54) is 27.8 Å². The summed E-state index contributed by atoms with van der Waals surface area (Å²) in [5.41, 5.74) is 7.51. The highest BCUT2D eigenvalue weighted by molar-refractivity contribution is 5.79. The fourth-order valence-corrected chi connectivity index (χ4v) is 6.43. The molecule has 0 saturated carbocycles. The van der Waals surface area contributed by atoms with Gasteiger partial charge in [0.1, 0.15) is 18.1 Å². The molecule has 0 spiro atoms. The van der Waals surface area contributed by atoms with Crippen molar-refractivity contribution >= 4 is 6.09 Å². The van der Waals surface area contributed by atoms with Gasteiger partial charge in [0.25, 0.3) is 0 Å². The van der Waals surface area contributed by atoms with Gasteiger partial charge in [-0.3, -0.25) is 4.90 Å². The zero-order valence-electron chi connectivity index (χ0n) is 21.5. The van der Waals surface area contributed by atoms with Crippen molar-refractivity contribution in [1.82, 2.24) is 4.90 Å². The highest BCUT2D eigenvalue weighted by Crippen LogP contribution is 2.45. The van der Waals surface area contributed by atoms with E-state index in [2.05, 4.69) is 66.7 Å². The monoisotopic (exact) mass is 495 g/mol. The molecule has 5 heteroatoms. The molecule has 0 N–H and O–H groups in total. The van der Waals surface area contributed by atoms with Crippen LogP contribution in [0.1, 0.15) is 48.3 Å². The molecule has 0 radical (unpaired) electrons. The fourth-order valence-electron chi connectivity index (χ4n) is 6.43. The molecule has 190 valence electrons. The van der Waals surface area contributed by atoms with Crippen molar-refractivity contribution in [3.05, 3.63) is 95.1 Å². The van der Waals surface area contributed by atoms with Gasteiger partial charge in [-0.15, -0.1) is 0 Å². The maximum absolute atomic E-state index is 13.5. The summed E-state index contributed by atoms with van der Waals surface area (Å²) in [5, 5.41) is 0. The Bertz CT molecular complexity index is 1280. The molecule has 1 amide bonds. The first kappa shape index (κ1) is 23.7. The Balaban J connectivity index is 1.18. The van der Waals surface area contributed by atoms with Gasteiger partial charge < -0.3 is 14.2 Å². The Hall–Kier alpha value is -3.73. The van der Waals surface area contributed by atoms with E-state index in [0.29, 0.717) is 6.61 Å². The summed E-state index contributed by atoms with van der Waals surface area (Å²) in [4.78, 5) is 15.5. The van der Waals surface area contributed by atoms with E-state index in [-0.39, 0.29) is 24.1 Å². The molecule has 2 atom stereocenters. The van der Waals surface area contributed by atoms with Crippen LogP contribution in [-0.4, -0.2) is 43.9 Å². The standard InChI is InChI=1S/C32H33NO4/c1-35-25-17-22(18-26(19-25)36-2)14-21-15-23-8-7-9-24(16-21)33(23)32(34)37-20-31-29-12-5-3-10-27(29)28-11-4-6-13-30(28)31/h3-6,10-13,15,17-19,23-24,31H,7-9,14,16,20H2,1-2H3. The first-order valence-electron chi connectivity index (χ1n) is 13.2. The number of ether oxygens (including phenoxy) is 3. The second-order valence-corrected chi connectivity index (χ2v) is 10.3. The van der Waals surface area contributed by atoms with Gasteiger partial charge in [0, 0.05) is 18.0 Å². The van der Waals surface area contributed by atoms with Crippen molar-refractivity contribution in [2.45, 2.75) is 50.1 Å². The Labute approximate surface area is 218 Å². The molecule has 2 bridgehead atoms. The van der Waals surface area contributed by atoms with Gasteiger partial charge in [0.15, 0.2) is 0 Å². The van der Waals surface area contributed by atoms with Gasteiger partial charge in [-0.2, -0.15) is 0 Å². The predicted octanol–water partition coefficient (Wildman–Crippen LogP) is 6.75. The number of hydrogen-bond donors (Lipinski definition) is 0. The molecule has 5 nitrogen and oxygen atoms in total. The van der Waals surface area contributed by atoms with Crippen LogP contribution in [0, 0.1) is 0 Å². The van der Waals surface area contributed by atoms with Gasteiger partial charge >= 0.3 is 6.09 Å². The molecule has 1 aliphatic carbocycles. The van der Waals surface area contributed by atoms with Gasteiger partial charge in [-0.25, -0.2) is 4.79 Å². The molecule has 37 heavy (non-hydrogen) atoms. The van der Waals surface area contributed by atoms with E-state index in [4.69, 9.17) is 14.2 Å². The first-order chi connectivity index (χ1) is 18.1. The van der Waals surface area contributed by atoms with Crippen LogP contribution in [0.3, 0.4) is 0 Å². The van der Waals surface area contributed by atoms with Crippen LogP contribution < -0.4 is 9.47 Å². The van der Waals surface area contributed by atoms with E-state index in [1.54, 1.807) is 14.2 Å². The number of nitrogens with zero attached hydrogens (tertiary/aromatic N) is 1. The summed E-state index contributed by atoms with van der Waals surface area (Å²) in [6.07, 6.45) is 6.95. The molecule has 3 aromatic carbocycles. The maximum Gasteiger partial charge on any atom is 0.410 e. The summed E-state index contributed by atoms with van der Waals surface area (Å²) in [7, 11) is 3.35. The molecular weight excluding hydrogens is 462 g/mol. The fraction of sp³-hybridized carbons (Fsp3) is 0.344. The second kappa shape index (κ2) is 9.97. The molecule has 6 rings (SSSR count). The number of methoxy groups -OCH3 is 2. The third-order valence-electron chi connectivity index (χ3n) is 8.10. The number of piperidine rings is 1. The molecule has 3 aliphatic rings.